The van der Waals surface area contributed by atoms with Gasteiger partial charge in [0.15, 0.2) is 0 Å². The molecular weight excluding hydrogens is 264 g/mol. The Morgan fingerprint density at radius 3 is 2.81 bits per heavy atom. The van der Waals surface area contributed by atoms with Crippen molar-refractivity contribution in [2.45, 2.75) is 32.2 Å². The van der Waals surface area contributed by atoms with Gasteiger partial charge < -0.3 is 10.7 Å². The second-order valence-corrected chi connectivity index (χ2v) is 5.67. The molecule has 21 heavy (non-hydrogen) atoms. The van der Waals surface area contributed by atoms with Gasteiger partial charge in [0, 0.05) is 11.4 Å². The first-order valence-electron chi connectivity index (χ1n) is 7.36. The first kappa shape index (κ1) is 13.8. The Balaban J connectivity index is 1.87. The molecule has 0 saturated heterocycles. The average Bonchev–Trinajstić information content (AvgIpc) is 2.44. The van der Waals surface area contributed by atoms with Crippen molar-refractivity contribution < 1.29 is 4.79 Å². The molecule has 5 nitrogen and oxygen atoms in total. The molecule has 4 N–H and O–H groups in total. The first-order valence-corrected chi connectivity index (χ1v) is 7.36. The number of nitrogens with two attached hydrogens (primary N) is 1. The van der Waals surface area contributed by atoms with Crippen LogP contribution < -0.4 is 16.6 Å². The number of anilines is 1. The second-order valence-electron chi connectivity index (χ2n) is 5.67. The molecule has 1 unspecified atom stereocenters. The summed E-state index contributed by atoms with van der Waals surface area (Å²) in [6.07, 6.45) is 3.66. The number of carbonyl (C=O) groups excluding carboxylic acids is 1. The van der Waals surface area contributed by atoms with Gasteiger partial charge in [-0.3, -0.25) is 10.6 Å². The number of carbonyl (C=O) groups is 1. The summed E-state index contributed by atoms with van der Waals surface area (Å²) >= 11 is 0. The maximum atomic E-state index is 12.4. The summed E-state index contributed by atoms with van der Waals surface area (Å²) in [5.74, 6) is 6.01. The van der Waals surface area contributed by atoms with Crippen LogP contribution in [-0.4, -0.2) is 16.9 Å². The minimum absolute atomic E-state index is 0.142. The van der Waals surface area contributed by atoms with Crippen LogP contribution in [0.15, 0.2) is 30.3 Å². The van der Waals surface area contributed by atoms with E-state index in [0.717, 1.165) is 10.9 Å². The van der Waals surface area contributed by atoms with Crippen molar-refractivity contribution in [3.8, 4) is 0 Å². The zero-order chi connectivity index (χ0) is 14.8. The highest BCUT2D eigenvalue weighted by Crippen LogP contribution is 2.29. The van der Waals surface area contributed by atoms with E-state index in [1.54, 1.807) is 6.07 Å². The summed E-state index contributed by atoms with van der Waals surface area (Å²) in [6.45, 7) is 2.06. The van der Waals surface area contributed by atoms with E-state index < -0.39 is 0 Å². The number of fused-ring (bicyclic) bond motifs is 1. The molecule has 0 radical (unpaired) electrons. The van der Waals surface area contributed by atoms with Gasteiger partial charge in [-0.2, -0.15) is 0 Å². The van der Waals surface area contributed by atoms with Crippen LogP contribution in [0.4, 0.5) is 5.69 Å². The molecule has 0 bridgehead atoms. The van der Waals surface area contributed by atoms with E-state index in [1.165, 1.54) is 19.3 Å². The number of pyridine rings is 1. The lowest BCUT2D eigenvalue weighted by Crippen LogP contribution is -2.41. The highest BCUT2D eigenvalue weighted by Gasteiger charge is 2.25. The van der Waals surface area contributed by atoms with E-state index in [1.807, 2.05) is 24.3 Å². The van der Waals surface area contributed by atoms with Gasteiger partial charge in [-0.25, -0.2) is 4.98 Å². The van der Waals surface area contributed by atoms with E-state index in [4.69, 9.17) is 5.84 Å². The molecule has 1 heterocycles. The fourth-order valence-corrected chi connectivity index (χ4v) is 2.75. The summed E-state index contributed by atoms with van der Waals surface area (Å²) < 4.78 is 0. The number of hydrogen-bond donors (Lipinski definition) is 3. The molecule has 0 aliphatic heterocycles. The van der Waals surface area contributed by atoms with Gasteiger partial charge in [0.1, 0.15) is 5.69 Å². The lowest BCUT2D eigenvalue weighted by molar-refractivity contribution is 0.0904. The number of aromatic nitrogens is 1. The van der Waals surface area contributed by atoms with Crippen LogP contribution in [0.1, 0.15) is 36.7 Å². The number of nitrogens with zero attached hydrogens (tertiary/aromatic N) is 1. The highest BCUT2D eigenvalue weighted by molar-refractivity contribution is 5.99. The Kier molecular flexibility index (Phi) is 3.75. The van der Waals surface area contributed by atoms with E-state index in [-0.39, 0.29) is 11.9 Å². The minimum atomic E-state index is -0.142. The third kappa shape index (κ3) is 2.69. The largest absolute Gasteiger partial charge is 0.348 e. The van der Waals surface area contributed by atoms with Crippen LogP contribution in [-0.2, 0) is 0 Å². The maximum absolute atomic E-state index is 12.4. The van der Waals surface area contributed by atoms with Crippen LogP contribution in [0.25, 0.3) is 10.9 Å². The number of rotatable bonds is 4. The number of nitrogen functional groups attached to an aromatic ring is 1. The van der Waals surface area contributed by atoms with Gasteiger partial charge in [0.05, 0.1) is 11.2 Å². The van der Waals surface area contributed by atoms with Crippen molar-refractivity contribution in [2.75, 3.05) is 5.43 Å². The van der Waals surface area contributed by atoms with Crippen molar-refractivity contribution in [3.05, 3.63) is 36.0 Å². The Morgan fingerprint density at radius 1 is 1.38 bits per heavy atom. The molecule has 1 aliphatic carbocycles. The Morgan fingerprint density at radius 2 is 2.14 bits per heavy atom. The fraction of sp³-hybridized carbons (Fsp3) is 0.375. The summed E-state index contributed by atoms with van der Waals surface area (Å²) in [6, 6.07) is 9.51. The van der Waals surface area contributed by atoms with Crippen LogP contribution in [0, 0.1) is 5.92 Å². The normalized spacial score (nSPS) is 16.3. The number of nitrogens with one attached hydrogen (secondary N) is 2. The number of hydrazine groups is 1. The molecule has 0 spiro atoms. The van der Waals surface area contributed by atoms with Crippen molar-refractivity contribution in [1.29, 1.82) is 0 Å². The minimum Gasteiger partial charge on any atom is -0.348 e. The third-order valence-electron chi connectivity index (χ3n) is 4.32. The predicted molar refractivity (Wildman–Crippen MR) is 83.8 cm³/mol. The molecule has 1 aliphatic rings. The summed E-state index contributed by atoms with van der Waals surface area (Å²) in [5, 5.41) is 3.95. The molecule has 3 rings (SSSR count). The monoisotopic (exact) mass is 284 g/mol. The van der Waals surface area contributed by atoms with Crippen molar-refractivity contribution in [1.82, 2.24) is 10.3 Å². The van der Waals surface area contributed by atoms with Gasteiger partial charge in [0.25, 0.3) is 5.91 Å². The molecule has 1 saturated carbocycles. The zero-order valence-corrected chi connectivity index (χ0v) is 12.1. The number of para-hydroxylation sites is 1. The maximum Gasteiger partial charge on any atom is 0.270 e. The Bertz CT molecular complexity index is 666. The van der Waals surface area contributed by atoms with E-state index in [0.29, 0.717) is 17.3 Å². The average molecular weight is 284 g/mol. The molecule has 1 aromatic heterocycles. The molecule has 5 heteroatoms. The van der Waals surface area contributed by atoms with Crippen LogP contribution in [0.3, 0.4) is 0 Å². The van der Waals surface area contributed by atoms with Gasteiger partial charge >= 0.3 is 0 Å². The van der Waals surface area contributed by atoms with Crippen LogP contribution in [0.2, 0.25) is 0 Å². The van der Waals surface area contributed by atoms with E-state index >= 15 is 0 Å². The fourth-order valence-electron chi connectivity index (χ4n) is 2.75. The van der Waals surface area contributed by atoms with Crippen LogP contribution >= 0.6 is 0 Å². The highest BCUT2D eigenvalue weighted by atomic mass is 16.1. The first-order chi connectivity index (χ1) is 10.2. The molecule has 2 aromatic rings. The zero-order valence-electron chi connectivity index (χ0n) is 12.1. The standard InChI is InChI=1S/C16H20N4O/c1-10(11-5-4-6-11)18-16(21)15-9-14(20-17)12-7-2-3-8-13(12)19-15/h2-3,7-11H,4-6,17H2,1H3,(H,18,21)(H,19,20). The van der Waals surface area contributed by atoms with Crippen molar-refractivity contribution >= 4 is 22.5 Å². The SMILES string of the molecule is CC(NC(=O)c1cc(NN)c2ccccc2n1)C1CCC1. The van der Waals surface area contributed by atoms with Gasteiger partial charge in [-0.05, 0) is 37.8 Å². The predicted octanol–water partition coefficient (Wildman–Crippen LogP) is 2.44. The van der Waals surface area contributed by atoms with Crippen LogP contribution in [0.5, 0.6) is 0 Å². The van der Waals surface area contributed by atoms with Gasteiger partial charge in [-0.15, -0.1) is 0 Å². The lowest BCUT2D eigenvalue weighted by atomic mass is 9.80. The summed E-state index contributed by atoms with van der Waals surface area (Å²) in [4.78, 5) is 16.8. The Labute approximate surface area is 123 Å². The molecule has 1 amide bonds. The second kappa shape index (κ2) is 5.69. The Hall–Kier alpha value is -2.14. The van der Waals surface area contributed by atoms with E-state index in [2.05, 4.69) is 22.7 Å². The molecule has 110 valence electrons. The summed E-state index contributed by atoms with van der Waals surface area (Å²) in [7, 11) is 0. The van der Waals surface area contributed by atoms with Gasteiger partial charge in [-0.1, -0.05) is 24.6 Å². The topological polar surface area (TPSA) is 80.0 Å². The van der Waals surface area contributed by atoms with Crippen molar-refractivity contribution in [2.24, 2.45) is 11.8 Å². The lowest BCUT2D eigenvalue weighted by Gasteiger charge is -2.31. The molecule has 1 aromatic carbocycles. The quantitative estimate of drug-likeness (QED) is 0.595. The number of amides is 1. The van der Waals surface area contributed by atoms with Crippen molar-refractivity contribution in [3.63, 3.8) is 0 Å². The molecule has 1 atom stereocenters. The number of hydrogen-bond acceptors (Lipinski definition) is 4. The number of benzene rings is 1. The third-order valence-corrected chi connectivity index (χ3v) is 4.32. The van der Waals surface area contributed by atoms with Gasteiger partial charge in [0.2, 0.25) is 0 Å². The molecule has 1 fully saturated rings. The van der Waals surface area contributed by atoms with E-state index in [9.17, 15) is 4.79 Å². The summed E-state index contributed by atoms with van der Waals surface area (Å²) in [5.41, 5.74) is 4.51. The molecular formula is C16H20N4O. The smallest absolute Gasteiger partial charge is 0.270 e.